The van der Waals surface area contributed by atoms with Gasteiger partial charge in [0.15, 0.2) is 0 Å². The lowest BCUT2D eigenvalue weighted by Gasteiger charge is -2.36. The van der Waals surface area contributed by atoms with Gasteiger partial charge in [0.1, 0.15) is 11.6 Å². The number of methoxy groups -OCH3 is 1. The van der Waals surface area contributed by atoms with Crippen molar-refractivity contribution < 1.29 is 4.74 Å². The smallest absolute Gasteiger partial charge is 0.228 e. The van der Waals surface area contributed by atoms with Gasteiger partial charge < -0.3 is 19.9 Å². The molecular weight excluding hydrogens is 386 g/mol. The third kappa shape index (κ3) is 4.10. The number of nitrogens with one attached hydrogen (secondary N) is 1. The number of para-hydroxylation sites is 2. The van der Waals surface area contributed by atoms with E-state index in [0.29, 0.717) is 0 Å². The van der Waals surface area contributed by atoms with E-state index in [0.717, 1.165) is 60.3 Å². The molecule has 31 heavy (non-hydrogen) atoms. The minimum atomic E-state index is 0.766. The van der Waals surface area contributed by atoms with Crippen molar-refractivity contribution in [3.63, 3.8) is 0 Å². The molecule has 3 aromatic carbocycles. The van der Waals surface area contributed by atoms with Crippen molar-refractivity contribution in [1.29, 1.82) is 0 Å². The molecule has 0 saturated carbocycles. The van der Waals surface area contributed by atoms with Crippen LogP contribution in [0.25, 0.3) is 10.9 Å². The number of fused-ring (bicyclic) bond motifs is 1. The van der Waals surface area contributed by atoms with Crippen LogP contribution in [-0.2, 0) is 0 Å². The summed E-state index contributed by atoms with van der Waals surface area (Å²) in [4.78, 5) is 14.5. The van der Waals surface area contributed by atoms with E-state index in [1.165, 1.54) is 5.69 Å². The van der Waals surface area contributed by atoms with Crippen LogP contribution in [0.15, 0.2) is 78.9 Å². The van der Waals surface area contributed by atoms with Crippen molar-refractivity contribution >= 4 is 34.0 Å². The Morgan fingerprint density at radius 3 is 2.16 bits per heavy atom. The Kier molecular flexibility index (Phi) is 5.27. The molecule has 1 saturated heterocycles. The van der Waals surface area contributed by atoms with E-state index in [-0.39, 0.29) is 0 Å². The second-order valence-electron chi connectivity index (χ2n) is 7.55. The summed E-state index contributed by atoms with van der Waals surface area (Å²) in [5.41, 5.74) is 3.17. The SMILES string of the molecule is COc1ccc(Nc2nc(N3CCN(c4ccccc4)CC3)nc3ccccc23)cc1. The third-order valence-electron chi connectivity index (χ3n) is 5.63. The minimum absolute atomic E-state index is 0.766. The van der Waals surface area contributed by atoms with Crippen molar-refractivity contribution in [1.82, 2.24) is 9.97 Å². The zero-order chi connectivity index (χ0) is 21.0. The van der Waals surface area contributed by atoms with Gasteiger partial charge >= 0.3 is 0 Å². The molecule has 0 atom stereocenters. The van der Waals surface area contributed by atoms with Crippen molar-refractivity contribution in [2.24, 2.45) is 0 Å². The van der Waals surface area contributed by atoms with Gasteiger partial charge in [-0.25, -0.2) is 4.98 Å². The maximum absolute atomic E-state index is 5.26. The van der Waals surface area contributed by atoms with Crippen LogP contribution in [0.5, 0.6) is 5.75 Å². The summed E-state index contributed by atoms with van der Waals surface area (Å²) < 4.78 is 5.26. The number of ether oxygens (including phenoxy) is 1. The highest BCUT2D eigenvalue weighted by molar-refractivity contribution is 5.91. The van der Waals surface area contributed by atoms with E-state index >= 15 is 0 Å². The molecule has 6 nitrogen and oxygen atoms in total. The fourth-order valence-electron chi connectivity index (χ4n) is 3.92. The average molecular weight is 412 g/mol. The highest BCUT2D eigenvalue weighted by Crippen LogP contribution is 2.28. The molecule has 0 aliphatic carbocycles. The lowest BCUT2D eigenvalue weighted by molar-refractivity contribution is 0.415. The highest BCUT2D eigenvalue weighted by atomic mass is 16.5. The van der Waals surface area contributed by atoms with Crippen LogP contribution in [0.3, 0.4) is 0 Å². The Morgan fingerprint density at radius 1 is 0.742 bits per heavy atom. The molecule has 0 radical (unpaired) electrons. The van der Waals surface area contributed by atoms with Gasteiger partial charge in [0.05, 0.1) is 12.6 Å². The third-order valence-corrected chi connectivity index (χ3v) is 5.63. The lowest BCUT2D eigenvalue weighted by atomic mass is 10.2. The zero-order valence-corrected chi connectivity index (χ0v) is 17.5. The van der Waals surface area contributed by atoms with Crippen molar-refractivity contribution in [2.75, 3.05) is 48.4 Å². The fraction of sp³-hybridized carbons (Fsp3) is 0.200. The van der Waals surface area contributed by atoms with E-state index in [2.05, 4.69) is 51.5 Å². The Bertz CT molecular complexity index is 1160. The van der Waals surface area contributed by atoms with Crippen LogP contribution in [-0.4, -0.2) is 43.3 Å². The number of piperazine rings is 1. The molecule has 6 heteroatoms. The predicted molar refractivity (Wildman–Crippen MR) is 127 cm³/mol. The highest BCUT2D eigenvalue weighted by Gasteiger charge is 2.20. The molecule has 1 aliphatic rings. The first kappa shape index (κ1) is 19.2. The Morgan fingerprint density at radius 2 is 1.42 bits per heavy atom. The molecule has 0 unspecified atom stereocenters. The average Bonchev–Trinajstić information content (AvgIpc) is 2.85. The summed E-state index contributed by atoms with van der Waals surface area (Å²) in [5.74, 6) is 2.41. The van der Waals surface area contributed by atoms with Crippen LogP contribution in [0.2, 0.25) is 0 Å². The van der Waals surface area contributed by atoms with E-state index in [1.807, 2.05) is 42.5 Å². The normalized spacial score (nSPS) is 14.0. The van der Waals surface area contributed by atoms with Crippen LogP contribution in [0.1, 0.15) is 0 Å². The Hall–Kier alpha value is -3.80. The van der Waals surface area contributed by atoms with E-state index < -0.39 is 0 Å². The summed E-state index contributed by atoms with van der Waals surface area (Å²) in [6.07, 6.45) is 0. The number of hydrogen-bond donors (Lipinski definition) is 1. The fourth-order valence-corrected chi connectivity index (χ4v) is 3.92. The maximum Gasteiger partial charge on any atom is 0.228 e. The molecule has 1 aromatic heterocycles. The number of benzene rings is 3. The van der Waals surface area contributed by atoms with Gasteiger partial charge in [0.25, 0.3) is 0 Å². The van der Waals surface area contributed by atoms with Gasteiger partial charge in [0.2, 0.25) is 5.95 Å². The van der Waals surface area contributed by atoms with Gasteiger partial charge in [-0.15, -0.1) is 0 Å². The molecule has 1 fully saturated rings. The summed E-state index contributed by atoms with van der Waals surface area (Å²) in [7, 11) is 1.67. The first-order chi connectivity index (χ1) is 15.3. The first-order valence-corrected chi connectivity index (χ1v) is 10.5. The number of anilines is 4. The van der Waals surface area contributed by atoms with Crippen LogP contribution >= 0.6 is 0 Å². The number of rotatable bonds is 5. The van der Waals surface area contributed by atoms with Crippen LogP contribution in [0, 0.1) is 0 Å². The van der Waals surface area contributed by atoms with Crippen LogP contribution in [0.4, 0.5) is 23.1 Å². The molecule has 1 aliphatic heterocycles. The zero-order valence-electron chi connectivity index (χ0n) is 17.5. The number of aromatic nitrogens is 2. The van der Waals surface area contributed by atoms with Gasteiger partial charge in [-0.3, -0.25) is 0 Å². The molecule has 0 amide bonds. The summed E-state index contributed by atoms with van der Waals surface area (Å²) in [6.45, 7) is 3.66. The van der Waals surface area contributed by atoms with E-state index in [4.69, 9.17) is 14.7 Å². The van der Waals surface area contributed by atoms with Gasteiger partial charge in [-0.2, -0.15) is 4.98 Å². The monoisotopic (exact) mass is 411 g/mol. The van der Waals surface area contributed by atoms with E-state index in [1.54, 1.807) is 7.11 Å². The Labute approximate surface area is 182 Å². The molecular formula is C25H25N5O. The second-order valence-corrected chi connectivity index (χ2v) is 7.55. The predicted octanol–water partition coefficient (Wildman–Crippen LogP) is 4.71. The molecule has 2 heterocycles. The van der Waals surface area contributed by atoms with Crippen molar-refractivity contribution in [2.45, 2.75) is 0 Å². The van der Waals surface area contributed by atoms with Gasteiger partial charge in [-0.05, 0) is 48.5 Å². The largest absolute Gasteiger partial charge is 0.497 e. The Balaban J connectivity index is 1.40. The molecule has 5 rings (SSSR count). The molecule has 1 N–H and O–H groups in total. The first-order valence-electron chi connectivity index (χ1n) is 10.5. The van der Waals surface area contributed by atoms with Gasteiger partial charge in [-0.1, -0.05) is 30.3 Å². The summed E-state index contributed by atoms with van der Waals surface area (Å²) in [6, 6.07) is 26.6. The number of nitrogens with zero attached hydrogens (tertiary/aromatic N) is 4. The number of hydrogen-bond acceptors (Lipinski definition) is 6. The maximum atomic E-state index is 5.26. The van der Waals surface area contributed by atoms with Crippen LogP contribution < -0.4 is 19.9 Å². The molecule has 0 bridgehead atoms. The van der Waals surface area contributed by atoms with Gasteiger partial charge in [0, 0.05) is 42.9 Å². The second kappa shape index (κ2) is 8.52. The molecule has 156 valence electrons. The summed E-state index contributed by atoms with van der Waals surface area (Å²) in [5, 5.41) is 4.47. The van der Waals surface area contributed by atoms with Crippen molar-refractivity contribution in [3.05, 3.63) is 78.9 Å². The van der Waals surface area contributed by atoms with E-state index in [9.17, 15) is 0 Å². The molecule has 4 aromatic rings. The minimum Gasteiger partial charge on any atom is -0.497 e. The standard InChI is InChI=1S/C25H25N5O/c1-31-21-13-11-19(12-14-21)26-24-22-9-5-6-10-23(22)27-25(28-24)30-17-15-29(16-18-30)20-7-3-2-4-8-20/h2-14H,15-18H2,1H3,(H,26,27,28). The molecule has 0 spiro atoms. The van der Waals surface area contributed by atoms with Crippen molar-refractivity contribution in [3.8, 4) is 5.75 Å². The quantitative estimate of drug-likeness (QED) is 0.513. The lowest BCUT2D eigenvalue weighted by Crippen LogP contribution is -2.47. The topological polar surface area (TPSA) is 53.5 Å². The summed E-state index contributed by atoms with van der Waals surface area (Å²) >= 11 is 0.